The maximum Gasteiger partial charge on any atom is 0.184 e. The third kappa shape index (κ3) is 2.39. The summed E-state index contributed by atoms with van der Waals surface area (Å²) >= 11 is 0. The topological polar surface area (TPSA) is 12.0 Å². The van der Waals surface area contributed by atoms with Gasteiger partial charge in [-0.25, -0.2) is 0 Å². The van der Waals surface area contributed by atoms with Crippen LogP contribution in [-0.4, -0.2) is 14.8 Å². The van der Waals surface area contributed by atoms with E-state index in [1.165, 1.54) is 5.19 Å². The van der Waals surface area contributed by atoms with Crippen LogP contribution in [0.1, 0.15) is 20.8 Å². The van der Waals surface area contributed by atoms with E-state index in [1.54, 1.807) is 0 Å². The molecule has 0 aromatic heterocycles. The zero-order chi connectivity index (χ0) is 11.3. The summed E-state index contributed by atoms with van der Waals surface area (Å²) in [6.07, 6.45) is 0. The standard InChI is InChI=1S/C13H21NSi/c1-5-14-15(6-2,12(3)4)13-10-8-7-9-11-13/h6-12,14H,2,5H2,1,3-4H3. The van der Waals surface area contributed by atoms with Crippen LogP contribution in [0.15, 0.2) is 42.6 Å². The van der Waals surface area contributed by atoms with Crippen LogP contribution in [0.3, 0.4) is 0 Å². The minimum atomic E-state index is -1.71. The molecular formula is C13H21NSi. The van der Waals surface area contributed by atoms with Crippen molar-refractivity contribution in [2.24, 2.45) is 0 Å². The van der Waals surface area contributed by atoms with Gasteiger partial charge in [0.1, 0.15) is 0 Å². The minimum Gasteiger partial charge on any atom is -0.331 e. The van der Waals surface area contributed by atoms with Crippen molar-refractivity contribution in [2.45, 2.75) is 26.3 Å². The molecule has 1 unspecified atom stereocenters. The molecule has 0 heterocycles. The molecule has 82 valence electrons. The lowest BCUT2D eigenvalue weighted by Crippen LogP contribution is -2.61. The third-order valence-electron chi connectivity index (χ3n) is 2.95. The lowest BCUT2D eigenvalue weighted by Gasteiger charge is -2.33. The van der Waals surface area contributed by atoms with Crippen molar-refractivity contribution in [3.05, 3.63) is 42.6 Å². The smallest absolute Gasteiger partial charge is 0.184 e. The molecule has 0 aliphatic carbocycles. The van der Waals surface area contributed by atoms with Gasteiger partial charge in [0.15, 0.2) is 8.24 Å². The second-order valence-electron chi connectivity index (χ2n) is 4.12. The molecule has 1 aromatic carbocycles. The lowest BCUT2D eigenvalue weighted by molar-refractivity contribution is 0.903. The van der Waals surface area contributed by atoms with E-state index in [0.717, 1.165) is 6.54 Å². The molecule has 1 N–H and O–H groups in total. The molecule has 1 rings (SSSR count). The van der Waals surface area contributed by atoms with E-state index in [1.807, 2.05) is 0 Å². The highest BCUT2D eigenvalue weighted by Crippen LogP contribution is 2.18. The first-order valence-electron chi connectivity index (χ1n) is 5.61. The largest absolute Gasteiger partial charge is 0.331 e. The highest BCUT2D eigenvalue weighted by atomic mass is 28.3. The molecule has 1 aromatic rings. The molecule has 15 heavy (non-hydrogen) atoms. The fourth-order valence-corrected chi connectivity index (χ4v) is 5.53. The predicted molar refractivity (Wildman–Crippen MR) is 70.8 cm³/mol. The summed E-state index contributed by atoms with van der Waals surface area (Å²) in [4.78, 5) is 3.68. The van der Waals surface area contributed by atoms with Gasteiger partial charge in [-0.15, -0.1) is 6.58 Å². The summed E-state index contributed by atoms with van der Waals surface area (Å²) in [5.74, 6) is 0. The van der Waals surface area contributed by atoms with Gasteiger partial charge < -0.3 is 4.98 Å². The summed E-state index contributed by atoms with van der Waals surface area (Å²) in [6.45, 7) is 11.8. The minimum absolute atomic E-state index is 0.623. The van der Waals surface area contributed by atoms with Crippen molar-refractivity contribution in [3.8, 4) is 0 Å². The molecule has 0 spiro atoms. The third-order valence-corrected chi connectivity index (χ3v) is 7.65. The van der Waals surface area contributed by atoms with Gasteiger partial charge in [-0.2, -0.15) is 0 Å². The molecule has 0 aliphatic rings. The van der Waals surface area contributed by atoms with E-state index in [4.69, 9.17) is 0 Å². The number of benzene rings is 1. The van der Waals surface area contributed by atoms with Crippen LogP contribution in [-0.2, 0) is 0 Å². The van der Waals surface area contributed by atoms with Gasteiger partial charge in [0.2, 0.25) is 0 Å². The number of hydrogen-bond acceptors (Lipinski definition) is 1. The predicted octanol–water partition coefficient (Wildman–Crippen LogP) is 2.58. The van der Waals surface area contributed by atoms with Crippen LogP contribution < -0.4 is 10.2 Å². The van der Waals surface area contributed by atoms with Crippen LogP contribution in [0, 0.1) is 0 Å². The van der Waals surface area contributed by atoms with Gasteiger partial charge in [-0.3, -0.25) is 0 Å². The fraction of sp³-hybridized carbons (Fsp3) is 0.385. The van der Waals surface area contributed by atoms with Crippen molar-refractivity contribution in [1.29, 1.82) is 0 Å². The summed E-state index contributed by atoms with van der Waals surface area (Å²) < 4.78 is 0. The molecule has 0 saturated heterocycles. The molecule has 0 bridgehead atoms. The molecule has 0 aliphatic heterocycles. The monoisotopic (exact) mass is 219 g/mol. The molecule has 0 fully saturated rings. The first kappa shape index (κ1) is 12.2. The SMILES string of the molecule is C=C[Si](NCC)(c1ccccc1)C(C)C. The number of nitrogens with one attached hydrogen (secondary N) is 1. The zero-order valence-corrected chi connectivity index (χ0v) is 11.0. The second-order valence-corrected chi connectivity index (χ2v) is 8.36. The van der Waals surface area contributed by atoms with Crippen molar-refractivity contribution in [1.82, 2.24) is 4.98 Å². The molecular weight excluding hydrogens is 198 g/mol. The van der Waals surface area contributed by atoms with E-state index in [-0.39, 0.29) is 0 Å². The average Bonchev–Trinajstić information content (AvgIpc) is 2.26. The van der Waals surface area contributed by atoms with Crippen LogP contribution >= 0.6 is 0 Å². The lowest BCUT2D eigenvalue weighted by atomic mass is 10.4. The van der Waals surface area contributed by atoms with Gasteiger partial charge in [0, 0.05) is 0 Å². The maximum absolute atomic E-state index is 4.05. The molecule has 0 radical (unpaired) electrons. The molecule has 0 amide bonds. The van der Waals surface area contributed by atoms with Crippen molar-refractivity contribution in [2.75, 3.05) is 6.54 Å². The fourth-order valence-electron chi connectivity index (χ4n) is 2.07. The van der Waals surface area contributed by atoms with E-state index < -0.39 is 8.24 Å². The number of hydrogen-bond donors (Lipinski definition) is 1. The number of rotatable bonds is 5. The Morgan fingerprint density at radius 3 is 2.33 bits per heavy atom. The Kier molecular flexibility index (Phi) is 4.30. The van der Waals surface area contributed by atoms with Crippen molar-refractivity contribution in [3.63, 3.8) is 0 Å². The Balaban J connectivity index is 3.15. The van der Waals surface area contributed by atoms with E-state index in [9.17, 15) is 0 Å². The summed E-state index contributed by atoms with van der Waals surface area (Å²) in [7, 11) is -1.71. The Bertz CT molecular complexity index is 308. The Hall–Kier alpha value is -0.863. The molecule has 2 heteroatoms. The van der Waals surface area contributed by atoms with Gasteiger partial charge in [0.25, 0.3) is 0 Å². The van der Waals surface area contributed by atoms with Crippen LogP contribution in [0.4, 0.5) is 0 Å². The van der Waals surface area contributed by atoms with E-state index in [0.29, 0.717) is 5.54 Å². The maximum atomic E-state index is 4.05. The zero-order valence-electron chi connectivity index (χ0n) is 9.96. The van der Waals surface area contributed by atoms with Crippen LogP contribution in [0.5, 0.6) is 0 Å². The first-order chi connectivity index (χ1) is 7.17. The van der Waals surface area contributed by atoms with Crippen molar-refractivity contribution >= 4 is 13.4 Å². The van der Waals surface area contributed by atoms with Gasteiger partial charge >= 0.3 is 0 Å². The Morgan fingerprint density at radius 2 is 1.93 bits per heavy atom. The highest BCUT2D eigenvalue weighted by molar-refractivity contribution is 6.94. The first-order valence-corrected chi connectivity index (χ1v) is 7.77. The quantitative estimate of drug-likeness (QED) is 0.751. The van der Waals surface area contributed by atoms with E-state index in [2.05, 4.69) is 68.4 Å². The summed E-state index contributed by atoms with van der Waals surface area (Å²) in [5.41, 5.74) is 2.79. The normalized spacial score (nSPS) is 14.9. The second kappa shape index (κ2) is 5.28. The summed E-state index contributed by atoms with van der Waals surface area (Å²) in [6, 6.07) is 10.7. The average molecular weight is 219 g/mol. The molecule has 0 saturated carbocycles. The molecule has 1 atom stereocenters. The van der Waals surface area contributed by atoms with Gasteiger partial charge in [-0.05, 0) is 17.3 Å². The molecule has 1 nitrogen and oxygen atoms in total. The highest BCUT2D eigenvalue weighted by Gasteiger charge is 2.34. The van der Waals surface area contributed by atoms with E-state index >= 15 is 0 Å². The van der Waals surface area contributed by atoms with Crippen LogP contribution in [0.2, 0.25) is 5.54 Å². The van der Waals surface area contributed by atoms with Crippen molar-refractivity contribution < 1.29 is 0 Å². The Labute approximate surface area is 94.3 Å². The summed E-state index contributed by atoms with van der Waals surface area (Å²) in [5, 5.41) is 1.43. The van der Waals surface area contributed by atoms with Gasteiger partial charge in [0.05, 0.1) is 0 Å². The van der Waals surface area contributed by atoms with Crippen LogP contribution in [0.25, 0.3) is 0 Å². The Morgan fingerprint density at radius 1 is 1.33 bits per heavy atom. The van der Waals surface area contributed by atoms with Gasteiger partial charge in [-0.1, -0.05) is 56.8 Å².